The van der Waals surface area contributed by atoms with Gasteiger partial charge >= 0.3 is 5.97 Å². The molecule has 1 aromatic rings. The van der Waals surface area contributed by atoms with E-state index in [1.165, 1.54) is 0 Å². The average Bonchev–Trinajstić information content (AvgIpc) is 2.59. The molecular formula is C10H10ClNO3. The number of hydrogen-bond acceptors (Lipinski definition) is 3. The van der Waals surface area contributed by atoms with Gasteiger partial charge in [0.15, 0.2) is 6.10 Å². The van der Waals surface area contributed by atoms with Gasteiger partial charge in [0.25, 0.3) is 0 Å². The Morgan fingerprint density at radius 1 is 1.73 bits per heavy atom. The normalized spacial score (nSPS) is 18.4. The molecule has 3 N–H and O–H groups in total. The van der Waals surface area contributed by atoms with Crippen LogP contribution >= 0.6 is 11.6 Å². The number of rotatable bonds is 1. The quantitative estimate of drug-likeness (QED) is 0.715. The van der Waals surface area contributed by atoms with Gasteiger partial charge in [-0.05, 0) is 18.6 Å². The van der Waals surface area contributed by atoms with Gasteiger partial charge in [0.2, 0.25) is 0 Å². The highest BCUT2D eigenvalue weighted by Gasteiger charge is 2.32. The summed E-state index contributed by atoms with van der Waals surface area (Å²) in [6.07, 6.45) is -0.528. The third-order valence-corrected chi connectivity index (χ3v) is 2.86. The molecule has 0 aliphatic carbocycles. The monoisotopic (exact) mass is 227 g/mol. The first-order valence-corrected chi connectivity index (χ1v) is 4.85. The van der Waals surface area contributed by atoms with Crippen molar-refractivity contribution < 1.29 is 14.6 Å². The van der Waals surface area contributed by atoms with E-state index in [0.29, 0.717) is 22.9 Å². The van der Waals surface area contributed by atoms with Crippen LogP contribution in [0.5, 0.6) is 5.75 Å². The number of anilines is 1. The van der Waals surface area contributed by atoms with Crippen LogP contribution in [0.2, 0.25) is 5.02 Å². The number of halogens is 1. The number of carbonyl (C=O) groups is 1. The summed E-state index contributed by atoms with van der Waals surface area (Å²) in [5, 5.41) is 9.21. The molecule has 1 heterocycles. The van der Waals surface area contributed by atoms with Gasteiger partial charge in [0.1, 0.15) is 5.75 Å². The van der Waals surface area contributed by atoms with Crippen LogP contribution in [0.4, 0.5) is 5.69 Å². The van der Waals surface area contributed by atoms with Crippen molar-refractivity contribution in [2.24, 2.45) is 0 Å². The van der Waals surface area contributed by atoms with Crippen molar-refractivity contribution in [1.29, 1.82) is 0 Å². The Bertz CT molecular complexity index is 445. The number of carboxylic acids is 1. The molecule has 1 unspecified atom stereocenters. The van der Waals surface area contributed by atoms with Crippen molar-refractivity contribution in [3.63, 3.8) is 0 Å². The number of benzene rings is 1. The van der Waals surface area contributed by atoms with Crippen molar-refractivity contribution in [1.82, 2.24) is 0 Å². The van der Waals surface area contributed by atoms with Crippen molar-refractivity contribution in [2.45, 2.75) is 19.4 Å². The minimum absolute atomic E-state index is 0.321. The van der Waals surface area contributed by atoms with Gasteiger partial charge in [0.05, 0.1) is 5.02 Å². The number of carboxylic acid groups (broad SMARTS) is 1. The van der Waals surface area contributed by atoms with Crippen molar-refractivity contribution >= 4 is 23.3 Å². The Hall–Kier alpha value is -1.42. The summed E-state index contributed by atoms with van der Waals surface area (Å²) >= 11 is 5.92. The fraction of sp³-hybridized carbons (Fsp3) is 0.300. The molecule has 15 heavy (non-hydrogen) atoms. The Morgan fingerprint density at radius 2 is 2.40 bits per heavy atom. The van der Waals surface area contributed by atoms with Crippen LogP contribution in [0.25, 0.3) is 0 Å². The van der Waals surface area contributed by atoms with E-state index in [4.69, 9.17) is 27.2 Å². The lowest BCUT2D eigenvalue weighted by molar-refractivity contribution is -0.144. The van der Waals surface area contributed by atoms with E-state index >= 15 is 0 Å². The van der Waals surface area contributed by atoms with Crippen LogP contribution in [0.3, 0.4) is 0 Å². The molecule has 0 radical (unpaired) electrons. The maximum Gasteiger partial charge on any atom is 0.345 e. The predicted octanol–water partition coefficient (Wildman–Crippen LogP) is 1.62. The number of fused-ring (bicyclic) bond motifs is 1. The molecule has 0 aromatic heterocycles. The molecule has 1 atom stereocenters. The van der Waals surface area contributed by atoms with Crippen LogP contribution < -0.4 is 10.5 Å². The zero-order valence-corrected chi connectivity index (χ0v) is 8.84. The fourth-order valence-corrected chi connectivity index (χ4v) is 1.96. The van der Waals surface area contributed by atoms with Gasteiger partial charge in [-0.15, -0.1) is 0 Å². The lowest BCUT2D eigenvalue weighted by Crippen LogP contribution is -2.24. The zero-order chi connectivity index (χ0) is 11.2. The molecule has 0 fully saturated rings. The Labute approximate surface area is 91.6 Å². The summed E-state index contributed by atoms with van der Waals surface area (Å²) in [4.78, 5) is 10.8. The first kappa shape index (κ1) is 10.1. The second kappa shape index (κ2) is 3.31. The van der Waals surface area contributed by atoms with Crippen LogP contribution in [0, 0.1) is 6.92 Å². The van der Waals surface area contributed by atoms with Crippen molar-refractivity contribution in [3.8, 4) is 5.75 Å². The highest BCUT2D eigenvalue weighted by molar-refractivity contribution is 6.32. The van der Waals surface area contributed by atoms with E-state index < -0.39 is 12.1 Å². The molecule has 1 aromatic carbocycles. The fourth-order valence-electron chi connectivity index (χ4n) is 1.68. The van der Waals surface area contributed by atoms with Gasteiger partial charge in [-0.3, -0.25) is 0 Å². The Kier molecular flexibility index (Phi) is 2.23. The highest BCUT2D eigenvalue weighted by atomic mass is 35.5. The van der Waals surface area contributed by atoms with Crippen LogP contribution in [0.1, 0.15) is 11.1 Å². The SMILES string of the molecule is Cc1c(N)cc(Cl)c2c1CC(C(=O)O)O2. The summed E-state index contributed by atoms with van der Waals surface area (Å²) in [5.74, 6) is -0.531. The molecule has 2 rings (SSSR count). The van der Waals surface area contributed by atoms with Gasteiger partial charge in [-0.25, -0.2) is 4.79 Å². The summed E-state index contributed by atoms with van der Waals surface area (Å²) in [6.45, 7) is 1.83. The molecule has 4 nitrogen and oxygen atoms in total. The van der Waals surface area contributed by atoms with Crippen molar-refractivity contribution in [3.05, 3.63) is 22.2 Å². The van der Waals surface area contributed by atoms with Gasteiger partial charge < -0.3 is 15.6 Å². The Morgan fingerprint density at radius 3 is 3.00 bits per heavy atom. The standard InChI is InChI=1S/C10H10ClNO3/c1-4-5-2-8(10(13)14)15-9(5)6(11)3-7(4)12/h3,8H,2,12H2,1H3,(H,13,14). The second-order valence-electron chi connectivity index (χ2n) is 3.53. The van der Waals surface area contributed by atoms with Crippen LogP contribution in [-0.2, 0) is 11.2 Å². The lowest BCUT2D eigenvalue weighted by atomic mass is 10.0. The van der Waals surface area contributed by atoms with Gasteiger partial charge in [-0.1, -0.05) is 11.6 Å². The highest BCUT2D eigenvalue weighted by Crippen LogP contribution is 2.40. The first-order chi connectivity index (χ1) is 7.00. The van der Waals surface area contributed by atoms with E-state index in [9.17, 15) is 4.79 Å². The van der Waals surface area contributed by atoms with Gasteiger partial charge in [-0.2, -0.15) is 0 Å². The number of hydrogen-bond donors (Lipinski definition) is 2. The third-order valence-electron chi connectivity index (χ3n) is 2.58. The smallest absolute Gasteiger partial charge is 0.345 e. The molecule has 0 bridgehead atoms. The van der Waals surface area contributed by atoms with E-state index in [2.05, 4.69) is 0 Å². The number of aliphatic carboxylic acids is 1. The molecule has 0 spiro atoms. The maximum atomic E-state index is 10.8. The molecule has 5 heteroatoms. The van der Waals surface area contributed by atoms with Gasteiger partial charge in [0, 0.05) is 17.7 Å². The first-order valence-electron chi connectivity index (χ1n) is 4.47. The Balaban J connectivity index is 2.49. The lowest BCUT2D eigenvalue weighted by Gasteiger charge is -2.07. The topological polar surface area (TPSA) is 72.6 Å². The van der Waals surface area contributed by atoms with E-state index in [-0.39, 0.29) is 0 Å². The zero-order valence-electron chi connectivity index (χ0n) is 8.08. The molecule has 1 aliphatic rings. The number of ether oxygens (including phenoxy) is 1. The summed E-state index contributed by atoms with van der Waals surface area (Å²) in [5.41, 5.74) is 7.94. The largest absolute Gasteiger partial charge is 0.478 e. The van der Waals surface area contributed by atoms with E-state index in [1.54, 1.807) is 6.07 Å². The molecule has 80 valence electrons. The number of nitrogens with two attached hydrogens (primary N) is 1. The third kappa shape index (κ3) is 1.51. The predicted molar refractivity (Wildman–Crippen MR) is 56.4 cm³/mol. The molecule has 1 aliphatic heterocycles. The van der Waals surface area contributed by atoms with Crippen molar-refractivity contribution in [2.75, 3.05) is 5.73 Å². The van der Waals surface area contributed by atoms with E-state index in [1.807, 2.05) is 6.92 Å². The summed E-state index contributed by atoms with van der Waals surface area (Å²) < 4.78 is 5.25. The molecule has 0 saturated carbocycles. The van der Waals surface area contributed by atoms with Crippen LogP contribution in [0.15, 0.2) is 6.07 Å². The molecule has 0 saturated heterocycles. The molecular weight excluding hydrogens is 218 g/mol. The van der Waals surface area contributed by atoms with Crippen LogP contribution in [-0.4, -0.2) is 17.2 Å². The maximum absolute atomic E-state index is 10.8. The molecule has 0 amide bonds. The summed E-state index contributed by atoms with van der Waals surface area (Å²) in [6, 6.07) is 1.58. The minimum atomic E-state index is -0.986. The minimum Gasteiger partial charge on any atom is -0.478 e. The second-order valence-corrected chi connectivity index (χ2v) is 3.94. The average molecular weight is 228 g/mol. The number of nitrogen functional groups attached to an aromatic ring is 1. The summed E-state index contributed by atoms with van der Waals surface area (Å²) in [7, 11) is 0. The van der Waals surface area contributed by atoms with E-state index in [0.717, 1.165) is 11.1 Å².